The monoisotopic (exact) mass is 470 g/mol. The summed E-state index contributed by atoms with van der Waals surface area (Å²) >= 11 is 7.63. The van der Waals surface area contributed by atoms with Gasteiger partial charge in [-0.25, -0.2) is 0 Å². The molecule has 1 amide bonds. The number of hydrogen-bond donors (Lipinski definition) is 1. The highest BCUT2D eigenvalue weighted by Crippen LogP contribution is 2.37. The van der Waals surface area contributed by atoms with Crippen molar-refractivity contribution >= 4 is 35.0 Å². The molecular weight excluding hydrogens is 444 g/mol. The third-order valence-corrected chi connectivity index (χ3v) is 7.12. The lowest BCUT2D eigenvalue weighted by molar-refractivity contribution is -0.115. The smallest absolute Gasteiger partial charge is 0.237 e. The maximum atomic E-state index is 12.8. The van der Waals surface area contributed by atoms with E-state index in [1.807, 2.05) is 43.3 Å². The molecule has 1 aromatic heterocycles. The normalized spacial score (nSPS) is 15.3. The average Bonchev–Trinajstić information content (AvgIpc) is 3.24. The van der Waals surface area contributed by atoms with Crippen LogP contribution < -0.4 is 10.1 Å². The second-order valence-corrected chi connectivity index (χ2v) is 9.64. The molecule has 168 valence electrons. The molecule has 1 atom stereocenters. The van der Waals surface area contributed by atoms with Crippen LogP contribution in [0.4, 0.5) is 5.69 Å². The number of carbonyl (C=O) groups excluding carboxylic acids is 1. The van der Waals surface area contributed by atoms with E-state index in [4.69, 9.17) is 16.3 Å². The van der Waals surface area contributed by atoms with E-state index in [-0.39, 0.29) is 11.2 Å². The zero-order chi connectivity index (χ0) is 22.5. The van der Waals surface area contributed by atoms with Crippen molar-refractivity contribution in [3.05, 3.63) is 53.6 Å². The standard InChI is InChI=1S/C24H27ClN4O2S/c1-16(23(30)26-21-11-7-6-10-20(21)25)32-24-28-27-22(17-12-14-19(31-2)15-13-17)29(24)18-8-4-3-5-9-18/h6-7,10-16,18H,3-5,8-9H2,1-2H3,(H,26,30). The Hall–Kier alpha value is -2.51. The minimum absolute atomic E-state index is 0.118. The molecule has 4 rings (SSSR count). The van der Waals surface area contributed by atoms with Crippen LogP contribution in [0.15, 0.2) is 53.7 Å². The van der Waals surface area contributed by atoms with Crippen LogP contribution in [-0.4, -0.2) is 33.0 Å². The zero-order valence-electron chi connectivity index (χ0n) is 18.3. The van der Waals surface area contributed by atoms with Gasteiger partial charge in [0.25, 0.3) is 0 Å². The first-order valence-corrected chi connectivity index (χ1v) is 12.1. The minimum Gasteiger partial charge on any atom is -0.497 e. The minimum atomic E-state index is -0.360. The van der Waals surface area contributed by atoms with Gasteiger partial charge in [0.2, 0.25) is 5.91 Å². The number of hydrogen-bond acceptors (Lipinski definition) is 5. The fourth-order valence-electron chi connectivity index (χ4n) is 3.97. The Balaban J connectivity index is 1.59. The molecular formula is C24H27ClN4O2S. The summed E-state index contributed by atoms with van der Waals surface area (Å²) < 4.78 is 7.52. The summed E-state index contributed by atoms with van der Waals surface area (Å²) in [4.78, 5) is 12.8. The topological polar surface area (TPSA) is 69.0 Å². The molecule has 1 heterocycles. The molecule has 1 N–H and O–H groups in total. The van der Waals surface area contributed by atoms with Crippen LogP contribution in [0.1, 0.15) is 45.1 Å². The lowest BCUT2D eigenvalue weighted by atomic mass is 9.95. The first-order chi connectivity index (χ1) is 15.6. The molecule has 1 aliphatic rings. The van der Waals surface area contributed by atoms with Gasteiger partial charge in [-0.3, -0.25) is 9.36 Å². The summed E-state index contributed by atoms with van der Waals surface area (Å²) in [5, 5.41) is 12.9. The Morgan fingerprint density at radius 1 is 1.12 bits per heavy atom. The van der Waals surface area contributed by atoms with Gasteiger partial charge in [0, 0.05) is 11.6 Å². The Kier molecular flexibility index (Phi) is 7.37. The molecule has 1 unspecified atom stereocenters. The molecule has 2 aromatic carbocycles. The second kappa shape index (κ2) is 10.4. The van der Waals surface area contributed by atoms with Gasteiger partial charge in [0.15, 0.2) is 11.0 Å². The molecule has 0 saturated heterocycles. The van der Waals surface area contributed by atoms with Crippen LogP contribution in [-0.2, 0) is 4.79 Å². The van der Waals surface area contributed by atoms with Gasteiger partial charge in [-0.1, -0.05) is 54.8 Å². The summed E-state index contributed by atoms with van der Waals surface area (Å²) in [5.74, 6) is 1.52. The first-order valence-electron chi connectivity index (χ1n) is 10.9. The molecule has 1 fully saturated rings. The van der Waals surface area contributed by atoms with Crippen LogP contribution in [0.5, 0.6) is 5.75 Å². The molecule has 0 radical (unpaired) electrons. The van der Waals surface area contributed by atoms with E-state index < -0.39 is 0 Å². The van der Waals surface area contributed by atoms with Crippen molar-refractivity contribution < 1.29 is 9.53 Å². The number of benzene rings is 2. The summed E-state index contributed by atoms with van der Waals surface area (Å²) in [5.41, 5.74) is 1.60. The fourth-order valence-corrected chi connectivity index (χ4v) is 5.07. The van der Waals surface area contributed by atoms with Crippen LogP contribution in [0.25, 0.3) is 11.4 Å². The largest absolute Gasteiger partial charge is 0.497 e. The predicted molar refractivity (Wildman–Crippen MR) is 130 cm³/mol. The van der Waals surface area contributed by atoms with Gasteiger partial charge in [-0.15, -0.1) is 10.2 Å². The number of nitrogens with zero attached hydrogens (tertiary/aromatic N) is 3. The van der Waals surface area contributed by atoms with Crippen molar-refractivity contribution in [3.8, 4) is 17.1 Å². The number of ether oxygens (including phenoxy) is 1. The van der Waals surface area contributed by atoms with Gasteiger partial charge in [-0.05, 0) is 56.2 Å². The summed E-state index contributed by atoms with van der Waals surface area (Å²) in [6.45, 7) is 1.88. The van der Waals surface area contributed by atoms with Crippen LogP contribution >= 0.6 is 23.4 Å². The molecule has 1 saturated carbocycles. The maximum Gasteiger partial charge on any atom is 0.237 e. The van der Waals surface area contributed by atoms with Crippen molar-refractivity contribution in [2.75, 3.05) is 12.4 Å². The van der Waals surface area contributed by atoms with Crippen molar-refractivity contribution in [2.24, 2.45) is 0 Å². The lowest BCUT2D eigenvalue weighted by Gasteiger charge is -2.26. The fraction of sp³-hybridized carbons (Fsp3) is 0.375. The number of para-hydroxylation sites is 1. The van der Waals surface area contributed by atoms with Crippen LogP contribution in [0, 0.1) is 0 Å². The summed E-state index contributed by atoms with van der Waals surface area (Å²) in [6, 6.07) is 15.4. The predicted octanol–water partition coefficient (Wildman–Crippen LogP) is 6.23. The average molecular weight is 471 g/mol. The zero-order valence-corrected chi connectivity index (χ0v) is 19.8. The number of rotatable bonds is 7. The van der Waals surface area contributed by atoms with E-state index in [1.165, 1.54) is 31.0 Å². The Labute approximate surface area is 197 Å². The summed E-state index contributed by atoms with van der Waals surface area (Å²) in [7, 11) is 1.66. The number of carbonyl (C=O) groups is 1. The quantitative estimate of drug-likeness (QED) is 0.414. The number of anilines is 1. The van der Waals surface area contributed by atoms with E-state index in [1.54, 1.807) is 19.2 Å². The van der Waals surface area contributed by atoms with Gasteiger partial charge >= 0.3 is 0 Å². The van der Waals surface area contributed by atoms with E-state index in [0.717, 1.165) is 35.1 Å². The van der Waals surface area contributed by atoms with Crippen molar-refractivity contribution in [3.63, 3.8) is 0 Å². The molecule has 0 aliphatic heterocycles. The molecule has 1 aliphatic carbocycles. The van der Waals surface area contributed by atoms with E-state index in [2.05, 4.69) is 20.1 Å². The third kappa shape index (κ3) is 5.10. The molecule has 3 aromatic rings. The summed E-state index contributed by atoms with van der Waals surface area (Å²) in [6.07, 6.45) is 5.83. The SMILES string of the molecule is COc1ccc(-c2nnc(SC(C)C(=O)Nc3ccccc3Cl)n2C2CCCCC2)cc1. The molecule has 6 nitrogen and oxygen atoms in total. The van der Waals surface area contributed by atoms with Crippen molar-refractivity contribution in [1.82, 2.24) is 14.8 Å². The number of thioether (sulfide) groups is 1. The third-order valence-electron chi connectivity index (χ3n) is 5.74. The highest BCUT2D eigenvalue weighted by atomic mass is 35.5. The van der Waals surface area contributed by atoms with Gasteiger partial charge in [0.1, 0.15) is 5.75 Å². The highest BCUT2D eigenvalue weighted by Gasteiger charge is 2.26. The Morgan fingerprint density at radius 2 is 1.84 bits per heavy atom. The van der Waals surface area contributed by atoms with Crippen LogP contribution in [0.2, 0.25) is 5.02 Å². The molecule has 32 heavy (non-hydrogen) atoms. The first kappa shape index (κ1) is 22.7. The van der Waals surface area contributed by atoms with E-state index in [0.29, 0.717) is 16.8 Å². The highest BCUT2D eigenvalue weighted by molar-refractivity contribution is 8.00. The molecule has 0 spiro atoms. The molecule has 8 heteroatoms. The second-order valence-electron chi connectivity index (χ2n) is 7.93. The molecule has 0 bridgehead atoms. The number of halogens is 1. The van der Waals surface area contributed by atoms with Gasteiger partial charge in [0.05, 0.1) is 23.1 Å². The van der Waals surface area contributed by atoms with E-state index >= 15 is 0 Å². The Morgan fingerprint density at radius 3 is 2.53 bits per heavy atom. The Bertz CT molecular complexity index is 1060. The maximum absolute atomic E-state index is 12.8. The van der Waals surface area contributed by atoms with Gasteiger partial charge < -0.3 is 10.1 Å². The van der Waals surface area contributed by atoms with Crippen LogP contribution in [0.3, 0.4) is 0 Å². The number of aromatic nitrogens is 3. The van der Waals surface area contributed by atoms with Crippen molar-refractivity contribution in [1.29, 1.82) is 0 Å². The number of methoxy groups -OCH3 is 1. The number of nitrogens with one attached hydrogen (secondary N) is 1. The number of amides is 1. The van der Waals surface area contributed by atoms with Crippen molar-refractivity contribution in [2.45, 2.75) is 55.5 Å². The van der Waals surface area contributed by atoms with E-state index in [9.17, 15) is 4.79 Å². The van der Waals surface area contributed by atoms with Gasteiger partial charge in [-0.2, -0.15) is 0 Å². The lowest BCUT2D eigenvalue weighted by Crippen LogP contribution is -2.23.